The molecule has 9 atom stereocenters. The van der Waals surface area contributed by atoms with Crippen molar-refractivity contribution < 1.29 is 38.5 Å². The first-order valence-corrected chi connectivity index (χ1v) is 18.4. The third kappa shape index (κ3) is 7.25. The van der Waals surface area contributed by atoms with Crippen molar-refractivity contribution in [1.29, 1.82) is 0 Å². The van der Waals surface area contributed by atoms with E-state index in [1.807, 2.05) is 56.3 Å². The van der Waals surface area contributed by atoms with Crippen molar-refractivity contribution in [3.63, 3.8) is 0 Å². The number of esters is 1. The first-order chi connectivity index (χ1) is 23.6. The molecule has 0 aromatic heterocycles. The Labute approximate surface area is 297 Å². The first-order valence-electron chi connectivity index (χ1n) is 17.6. The van der Waals surface area contributed by atoms with Gasteiger partial charge in [-0.25, -0.2) is 0 Å². The van der Waals surface area contributed by atoms with Crippen LogP contribution in [0.2, 0.25) is 0 Å². The van der Waals surface area contributed by atoms with Crippen LogP contribution in [0.1, 0.15) is 71.0 Å². The highest BCUT2D eigenvalue weighted by molar-refractivity contribution is 9.11. The van der Waals surface area contributed by atoms with Gasteiger partial charge in [0.2, 0.25) is 17.7 Å². The topological polar surface area (TPSA) is 135 Å². The molecule has 11 nitrogen and oxygen atoms in total. The number of cyclic esters (lactones) is 1. The summed E-state index contributed by atoms with van der Waals surface area (Å²) in [5.41, 5.74) is -0.803. The van der Waals surface area contributed by atoms with Crippen LogP contribution in [0.3, 0.4) is 0 Å². The molecule has 2 saturated heterocycles. The Hall–Kier alpha value is -3.06. The third-order valence-electron chi connectivity index (χ3n) is 10.5. The Bertz CT molecular complexity index is 1420. The standard InChI is InChI=1S/C37H50BrN3O8/c1-5-7-13-18-40-19-14-9-12-17-28(43)39-26(22-47-4)31(24-15-10-8-11-16-24)48-36(46)29-30-34(44)41(27(21-42)23(3)6-2)33(35(40)45)37(30)20-25(38)32(29)49-37/h8-11,14-16,20,23,26-27,29-33,42H,5-7,12-13,17-19,21-22H2,1-4H3,(H,39,43)/b14-9-/t23-,26-,27-,29+,30-,31-,32+,33+,37-/m0/s1. The maximum absolute atomic E-state index is 14.9. The van der Waals surface area contributed by atoms with Gasteiger partial charge in [-0.05, 0) is 30.4 Å². The number of nitrogens with one attached hydrogen (secondary N) is 1. The van der Waals surface area contributed by atoms with Gasteiger partial charge in [0.25, 0.3) is 0 Å². The quantitative estimate of drug-likeness (QED) is 0.197. The molecule has 49 heavy (non-hydrogen) atoms. The van der Waals surface area contributed by atoms with Crippen LogP contribution in [0, 0.1) is 17.8 Å². The van der Waals surface area contributed by atoms with E-state index in [9.17, 15) is 24.3 Å². The number of aliphatic hydroxyl groups is 1. The summed E-state index contributed by atoms with van der Waals surface area (Å²) in [5, 5.41) is 13.7. The summed E-state index contributed by atoms with van der Waals surface area (Å²) < 4.78 is 19.1. The average Bonchev–Trinajstić information content (AvgIpc) is 3.69. The highest BCUT2D eigenvalue weighted by Gasteiger charge is 2.75. The van der Waals surface area contributed by atoms with E-state index in [2.05, 4.69) is 28.2 Å². The van der Waals surface area contributed by atoms with Crippen LogP contribution >= 0.6 is 15.9 Å². The van der Waals surface area contributed by atoms with E-state index in [4.69, 9.17) is 14.2 Å². The van der Waals surface area contributed by atoms with Gasteiger partial charge in [0.15, 0.2) is 0 Å². The highest BCUT2D eigenvalue weighted by Crippen LogP contribution is 2.59. The summed E-state index contributed by atoms with van der Waals surface area (Å²) in [6.45, 7) is 6.48. The Morgan fingerprint density at radius 3 is 2.51 bits per heavy atom. The van der Waals surface area contributed by atoms with Crippen LogP contribution in [0.4, 0.5) is 0 Å². The molecule has 4 heterocycles. The number of allylic oxidation sites excluding steroid dienone is 1. The van der Waals surface area contributed by atoms with Gasteiger partial charge in [-0.2, -0.15) is 0 Å². The van der Waals surface area contributed by atoms with Gasteiger partial charge in [-0.3, -0.25) is 19.2 Å². The molecule has 5 rings (SSSR count). The summed E-state index contributed by atoms with van der Waals surface area (Å²) in [7, 11) is 1.51. The molecule has 1 aromatic rings. The monoisotopic (exact) mass is 743 g/mol. The fourth-order valence-corrected chi connectivity index (χ4v) is 8.56. The highest BCUT2D eigenvalue weighted by atomic mass is 79.9. The number of hydrogen-bond acceptors (Lipinski definition) is 8. The average molecular weight is 745 g/mol. The predicted octanol–water partition coefficient (Wildman–Crippen LogP) is 4.05. The lowest BCUT2D eigenvalue weighted by atomic mass is 9.74. The maximum atomic E-state index is 14.9. The Morgan fingerprint density at radius 2 is 1.84 bits per heavy atom. The second-order valence-electron chi connectivity index (χ2n) is 13.6. The number of likely N-dealkylation sites (tertiary alicyclic amines) is 1. The van der Waals surface area contributed by atoms with Crippen LogP contribution in [0.5, 0.6) is 0 Å². The zero-order valence-corrected chi connectivity index (χ0v) is 30.5. The molecule has 0 unspecified atom stereocenters. The summed E-state index contributed by atoms with van der Waals surface area (Å²) >= 11 is 3.62. The molecule has 5 bridgehead atoms. The number of hydrogen-bond donors (Lipinski definition) is 2. The van der Waals surface area contributed by atoms with Gasteiger partial charge in [-0.15, -0.1) is 0 Å². The maximum Gasteiger partial charge on any atom is 0.313 e. The summed E-state index contributed by atoms with van der Waals surface area (Å²) in [6.07, 6.45) is 7.70. The fourth-order valence-electron chi connectivity index (χ4n) is 7.82. The van der Waals surface area contributed by atoms with Crippen LogP contribution in [0.25, 0.3) is 0 Å². The number of halogens is 1. The molecule has 4 aliphatic rings. The SMILES string of the molecule is CCCCCN1C/C=C\CCC(=O)N[C@@H](COC)[C@H](c2ccccc2)OC(=O)[C@H]2[C@@H]3O[C@@]4(C=C3Br)[C@@H]2C(=O)N([C@@H](CO)[C@@H](C)CC)[C@@H]4C1=O. The number of aliphatic hydroxyl groups excluding tert-OH is 1. The molecule has 2 N–H and O–H groups in total. The van der Waals surface area contributed by atoms with Crippen LogP contribution in [-0.4, -0.2) is 102 Å². The lowest BCUT2D eigenvalue weighted by Gasteiger charge is -2.40. The van der Waals surface area contributed by atoms with E-state index < -0.39 is 59.6 Å². The number of fused-ring (bicyclic) bond motifs is 2. The number of carbonyl (C=O) groups excluding carboxylic acids is 4. The molecule has 0 radical (unpaired) electrons. The Morgan fingerprint density at radius 1 is 1.08 bits per heavy atom. The molecular formula is C37H50BrN3O8. The zero-order chi connectivity index (χ0) is 35.3. The van der Waals surface area contributed by atoms with Crippen molar-refractivity contribution in [3.8, 4) is 0 Å². The summed E-state index contributed by atoms with van der Waals surface area (Å²) in [6, 6.07) is 6.62. The van der Waals surface area contributed by atoms with Crippen LogP contribution in [0.15, 0.2) is 53.0 Å². The smallest absolute Gasteiger partial charge is 0.313 e. The van der Waals surface area contributed by atoms with Gasteiger partial charge in [-0.1, -0.05) is 98.4 Å². The van der Waals surface area contributed by atoms with Crippen molar-refractivity contribution in [2.75, 3.05) is 33.4 Å². The molecule has 0 aliphatic carbocycles. The van der Waals surface area contributed by atoms with E-state index in [-0.39, 0.29) is 43.9 Å². The molecule has 2 fully saturated rings. The Balaban J connectivity index is 1.65. The molecule has 4 aliphatic heterocycles. The number of methoxy groups -OCH3 is 1. The normalized spacial score (nSPS) is 32.4. The van der Waals surface area contributed by atoms with Crippen LogP contribution in [-0.2, 0) is 33.4 Å². The van der Waals surface area contributed by atoms with E-state index in [0.29, 0.717) is 29.4 Å². The van der Waals surface area contributed by atoms with Gasteiger partial charge in [0.1, 0.15) is 29.8 Å². The second-order valence-corrected chi connectivity index (χ2v) is 14.5. The number of amides is 3. The fraction of sp³-hybridized carbons (Fsp3) is 0.622. The molecular weight excluding hydrogens is 694 g/mol. The lowest BCUT2D eigenvalue weighted by molar-refractivity contribution is -0.163. The minimum atomic E-state index is -1.45. The van der Waals surface area contributed by atoms with Crippen molar-refractivity contribution in [1.82, 2.24) is 15.1 Å². The van der Waals surface area contributed by atoms with E-state index >= 15 is 0 Å². The van der Waals surface area contributed by atoms with Gasteiger partial charge < -0.3 is 34.4 Å². The largest absolute Gasteiger partial charge is 0.455 e. The minimum Gasteiger partial charge on any atom is -0.455 e. The number of nitrogens with zero attached hydrogens (tertiary/aromatic N) is 2. The van der Waals surface area contributed by atoms with Crippen molar-refractivity contribution in [3.05, 3.63) is 58.6 Å². The van der Waals surface area contributed by atoms with Crippen LogP contribution < -0.4 is 5.32 Å². The first kappa shape index (κ1) is 37.2. The number of unbranched alkanes of at least 4 members (excludes halogenated alkanes) is 2. The van der Waals surface area contributed by atoms with E-state index in [0.717, 1.165) is 19.3 Å². The third-order valence-corrected chi connectivity index (χ3v) is 11.2. The number of rotatable bonds is 11. The number of ether oxygens (including phenoxy) is 3. The van der Waals surface area contributed by atoms with Crippen molar-refractivity contribution >= 4 is 39.6 Å². The predicted molar refractivity (Wildman–Crippen MR) is 186 cm³/mol. The van der Waals surface area contributed by atoms with Crippen molar-refractivity contribution in [2.24, 2.45) is 17.8 Å². The summed E-state index contributed by atoms with van der Waals surface area (Å²) in [4.78, 5) is 60.7. The van der Waals surface area contributed by atoms with Crippen molar-refractivity contribution in [2.45, 2.75) is 95.2 Å². The molecule has 268 valence electrons. The molecule has 12 heteroatoms. The molecule has 3 amide bonds. The second kappa shape index (κ2) is 16.3. The molecule has 0 saturated carbocycles. The Kier molecular flexibility index (Phi) is 12.4. The van der Waals surface area contributed by atoms with Gasteiger partial charge in [0, 0.05) is 31.1 Å². The van der Waals surface area contributed by atoms with Gasteiger partial charge in [0.05, 0.1) is 31.2 Å². The molecule has 1 aromatic carbocycles. The number of benzene rings is 1. The van der Waals surface area contributed by atoms with Gasteiger partial charge >= 0.3 is 5.97 Å². The molecule has 1 spiro atoms. The number of carbonyl (C=O) groups is 4. The summed E-state index contributed by atoms with van der Waals surface area (Å²) in [5.74, 6) is -3.91. The minimum absolute atomic E-state index is 0.0685. The van der Waals surface area contributed by atoms with E-state index in [1.54, 1.807) is 11.0 Å². The van der Waals surface area contributed by atoms with E-state index in [1.165, 1.54) is 12.0 Å². The lowest BCUT2D eigenvalue weighted by Crippen LogP contribution is -2.59. The zero-order valence-electron chi connectivity index (χ0n) is 28.9.